The molecule has 6 nitrogen and oxygen atoms in total. The van der Waals surface area contributed by atoms with Gasteiger partial charge in [0.05, 0.1) is 32.2 Å². The lowest BCUT2D eigenvalue weighted by Gasteiger charge is -2.15. The molecule has 0 bridgehead atoms. The van der Waals surface area contributed by atoms with Crippen LogP contribution in [0.3, 0.4) is 0 Å². The number of imidazole rings is 1. The van der Waals surface area contributed by atoms with Gasteiger partial charge in [-0.1, -0.05) is 12.1 Å². The fourth-order valence-corrected chi connectivity index (χ4v) is 2.15. The molecule has 0 fully saturated rings. The van der Waals surface area contributed by atoms with E-state index < -0.39 is 0 Å². The van der Waals surface area contributed by atoms with Crippen LogP contribution in [-0.4, -0.2) is 42.4 Å². The number of hydrogen-bond donors (Lipinski definition) is 1. The number of carbonyl (C=O) groups is 1. The minimum Gasteiger partial charge on any atom is -0.382 e. The van der Waals surface area contributed by atoms with Crippen molar-refractivity contribution in [2.45, 2.75) is 19.4 Å². The van der Waals surface area contributed by atoms with E-state index in [0.717, 1.165) is 11.3 Å². The lowest BCUT2D eigenvalue weighted by atomic mass is 10.1. The molecule has 1 amide bonds. The van der Waals surface area contributed by atoms with Gasteiger partial charge in [0.1, 0.15) is 0 Å². The van der Waals surface area contributed by atoms with E-state index in [1.807, 2.05) is 42.0 Å². The smallest absolute Gasteiger partial charge is 0.222 e. The number of hydrogen-bond acceptors (Lipinski definition) is 4. The van der Waals surface area contributed by atoms with Gasteiger partial charge in [0.15, 0.2) is 0 Å². The van der Waals surface area contributed by atoms with Gasteiger partial charge in [0.25, 0.3) is 0 Å². The molecule has 23 heavy (non-hydrogen) atoms. The zero-order valence-electron chi connectivity index (χ0n) is 13.6. The van der Waals surface area contributed by atoms with Crippen molar-refractivity contribution in [2.24, 2.45) is 0 Å². The highest BCUT2D eigenvalue weighted by atomic mass is 16.5. The van der Waals surface area contributed by atoms with Crippen LogP contribution < -0.4 is 5.32 Å². The molecule has 0 aliphatic carbocycles. The molecule has 1 aromatic carbocycles. The second-order valence-electron chi connectivity index (χ2n) is 5.21. The minimum atomic E-state index is -0.0432. The summed E-state index contributed by atoms with van der Waals surface area (Å²) in [5, 5.41) is 2.97. The molecule has 2 aromatic rings. The summed E-state index contributed by atoms with van der Waals surface area (Å²) in [7, 11) is 1.62. The van der Waals surface area contributed by atoms with Gasteiger partial charge in [-0.05, 0) is 24.6 Å². The van der Waals surface area contributed by atoms with Gasteiger partial charge in [0.2, 0.25) is 5.91 Å². The Labute approximate surface area is 136 Å². The van der Waals surface area contributed by atoms with Crippen molar-refractivity contribution in [2.75, 3.05) is 26.9 Å². The lowest BCUT2D eigenvalue weighted by molar-refractivity contribution is -0.122. The van der Waals surface area contributed by atoms with E-state index in [1.54, 1.807) is 19.6 Å². The van der Waals surface area contributed by atoms with E-state index in [0.29, 0.717) is 26.2 Å². The maximum Gasteiger partial charge on any atom is 0.222 e. The number of benzene rings is 1. The Bertz CT molecular complexity index is 582. The monoisotopic (exact) mass is 317 g/mol. The summed E-state index contributed by atoms with van der Waals surface area (Å²) in [6.07, 6.45) is 5.74. The van der Waals surface area contributed by atoms with Gasteiger partial charge in [-0.25, -0.2) is 4.98 Å². The summed E-state index contributed by atoms with van der Waals surface area (Å²) < 4.78 is 12.1. The van der Waals surface area contributed by atoms with E-state index in [2.05, 4.69) is 10.3 Å². The Kier molecular flexibility index (Phi) is 6.77. The number of rotatable bonds is 9. The molecular weight excluding hydrogens is 294 g/mol. The molecule has 0 aliphatic rings. The summed E-state index contributed by atoms with van der Waals surface area (Å²) in [6.45, 7) is 3.42. The van der Waals surface area contributed by atoms with Gasteiger partial charge in [0, 0.05) is 31.6 Å². The van der Waals surface area contributed by atoms with Gasteiger partial charge in [-0.15, -0.1) is 0 Å². The van der Waals surface area contributed by atoms with Gasteiger partial charge in [-0.2, -0.15) is 0 Å². The van der Waals surface area contributed by atoms with Crippen LogP contribution in [0.2, 0.25) is 0 Å². The average Bonchev–Trinajstić information content (AvgIpc) is 3.09. The third kappa shape index (κ3) is 5.50. The molecule has 0 saturated carbocycles. The van der Waals surface area contributed by atoms with Crippen molar-refractivity contribution in [3.63, 3.8) is 0 Å². The van der Waals surface area contributed by atoms with Gasteiger partial charge < -0.3 is 19.4 Å². The normalized spacial score (nSPS) is 12.1. The second-order valence-corrected chi connectivity index (χ2v) is 5.21. The number of methoxy groups -OCH3 is 1. The van der Waals surface area contributed by atoms with Crippen LogP contribution >= 0.6 is 0 Å². The maximum atomic E-state index is 11.9. The highest BCUT2D eigenvalue weighted by Crippen LogP contribution is 2.15. The van der Waals surface area contributed by atoms with Crippen molar-refractivity contribution < 1.29 is 14.3 Å². The van der Waals surface area contributed by atoms with Crippen LogP contribution in [0.1, 0.15) is 24.9 Å². The molecule has 1 aromatic heterocycles. The average molecular weight is 317 g/mol. The van der Waals surface area contributed by atoms with Crippen molar-refractivity contribution in [3.8, 4) is 5.69 Å². The fourth-order valence-electron chi connectivity index (χ4n) is 2.15. The Balaban J connectivity index is 1.78. The van der Waals surface area contributed by atoms with Crippen LogP contribution in [0.4, 0.5) is 0 Å². The van der Waals surface area contributed by atoms with Crippen LogP contribution in [-0.2, 0) is 14.3 Å². The summed E-state index contributed by atoms with van der Waals surface area (Å²) >= 11 is 0. The van der Waals surface area contributed by atoms with Crippen LogP contribution in [0.5, 0.6) is 0 Å². The molecule has 0 unspecified atom stereocenters. The largest absolute Gasteiger partial charge is 0.382 e. The van der Waals surface area contributed by atoms with E-state index in [-0.39, 0.29) is 11.9 Å². The molecule has 1 N–H and O–H groups in total. The Hall–Kier alpha value is -2.18. The second kappa shape index (κ2) is 9.07. The van der Waals surface area contributed by atoms with Crippen molar-refractivity contribution >= 4 is 5.91 Å². The Morgan fingerprint density at radius 2 is 2.04 bits per heavy atom. The first-order valence-electron chi connectivity index (χ1n) is 7.65. The van der Waals surface area contributed by atoms with Crippen LogP contribution in [0, 0.1) is 0 Å². The summed E-state index contributed by atoms with van der Waals surface area (Å²) in [6, 6.07) is 7.99. The van der Waals surface area contributed by atoms with Crippen molar-refractivity contribution in [1.29, 1.82) is 0 Å². The third-order valence-electron chi connectivity index (χ3n) is 3.48. The van der Waals surface area contributed by atoms with Crippen molar-refractivity contribution in [3.05, 3.63) is 48.5 Å². The Morgan fingerprint density at radius 3 is 2.70 bits per heavy atom. The quantitative estimate of drug-likeness (QED) is 0.719. The van der Waals surface area contributed by atoms with Crippen LogP contribution in [0.15, 0.2) is 43.0 Å². The van der Waals surface area contributed by atoms with E-state index in [9.17, 15) is 4.79 Å². The molecule has 0 radical (unpaired) electrons. The zero-order chi connectivity index (χ0) is 16.5. The molecule has 0 spiro atoms. The molecular formula is C17H23N3O3. The summed E-state index contributed by atoms with van der Waals surface area (Å²) in [5.74, 6) is -0.0198. The molecule has 124 valence electrons. The predicted molar refractivity (Wildman–Crippen MR) is 87.4 cm³/mol. The first kappa shape index (κ1) is 17.2. The molecule has 1 atom stereocenters. The van der Waals surface area contributed by atoms with E-state index in [1.165, 1.54) is 0 Å². The standard InChI is InChI=1S/C17H23N3O3/c1-14(19-17(21)7-10-23-12-11-22-2)15-3-5-16(6-4-15)20-9-8-18-13-20/h3-6,8-9,13-14H,7,10-12H2,1-2H3,(H,19,21)/t14-/m0/s1. The molecule has 6 heteroatoms. The van der Waals surface area contributed by atoms with Crippen molar-refractivity contribution in [1.82, 2.24) is 14.9 Å². The van der Waals surface area contributed by atoms with Gasteiger partial charge in [-0.3, -0.25) is 4.79 Å². The number of amides is 1. The topological polar surface area (TPSA) is 65.4 Å². The zero-order valence-corrected chi connectivity index (χ0v) is 13.6. The lowest BCUT2D eigenvalue weighted by Crippen LogP contribution is -2.27. The number of nitrogens with zero attached hydrogens (tertiary/aromatic N) is 2. The first-order valence-corrected chi connectivity index (χ1v) is 7.65. The molecule has 1 heterocycles. The SMILES string of the molecule is COCCOCCC(=O)N[C@@H](C)c1ccc(-n2ccnc2)cc1. The fraction of sp³-hybridized carbons (Fsp3) is 0.412. The Morgan fingerprint density at radius 1 is 1.26 bits per heavy atom. The number of carbonyl (C=O) groups excluding carboxylic acids is 1. The maximum absolute atomic E-state index is 11.9. The number of nitrogens with one attached hydrogen (secondary N) is 1. The predicted octanol–water partition coefficient (Wildman–Crippen LogP) is 2.10. The van der Waals surface area contributed by atoms with Gasteiger partial charge >= 0.3 is 0 Å². The highest BCUT2D eigenvalue weighted by Gasteiger charge is 2.09. The van der Waals surface area contributed by atoms with E-state index >= 15 is 0 Å². The van der Waals surface area contributed by atoms with E-state index in [4.69, 9.17) is 9.47 Å². The van der Waals surface area contributed by atoms with Crippen LogP contribution in [0.25, 0.3) is 5.69 Å². The molecule has 2 rings (SSSR count). The molecule has 0 aliphatic heterocycles. The third-order valence-corrected chi connectivity index (χ3v) is 3.48. The highest BCUT2D eigenvalue weighted by molar-refractivity contribution is 5.76. The number of aromatic nitrogens is 2. The summed E-state index contributed by atoms with van der Waals surface area (Å²) in [4.78, 5) is 15.9. The minimum absolute atomic E-state index is 0.0198. The summed E-state index contributed by atoms with van der Waals surface area (Å²) in [5.41, 5.74) is 2.10. The number of ether oxygens (including phenoxy) is 2. The first-order chi connectivity index (χ1) is 11.2. The molecule has 0 saturated heterocycles.